The summed E-state index contributed by atoms with van der Waals surface area (Å²) in [6.45, 7) is 17.3. The topological polar surface area (TPSA) is 19.4 Å². The lowest BCUT2D eigenvalue weighted by molar-refractivity contribution is 0.939. The number of fused-ring (bicyclic) bond motifs is 8. The van der Waals surface area contributed by atoms with E-state index < -0.39 is 0 Å². The Morgan fingerprint density at radius 1 is 0.442 bits per heavy atom. The van der Waals surface area contributed by atoms with Crippen LogP contribution in [0.5, 0.6) is 0 Å². The predicted octanol–water partition coefficient (Wildman–Crippen LogP) is 17.2. The Hall–Kier alpha value is -10.4. The molecule has 0 saturated heterocycles. The fraction of sp³-hybridized carbons (Fsp3) is 0.0769. The highest BCUT2D eigenvalue weighted by atomic mass is 15.2. The maximum Gasteiger partial charge on any atom is 0.252 e. The molecule has 6 nitrogen and oxygen atoms in total. The molecule has 86 heavy (non-hydrogen) atoms. The first-order chi connectivity index (χ1) is 42.4. The minimum absolute atomic E-state index is 0.161. The number of anilines is 15. The van der Waals surface area contributed by atoms with Crippen LogP contribution in [0.2, 0.25) is 0 Å². The SMILES string of the molecule is C=CCCC(=C)N(c1ccccc1)c1cc2c3c(c1)N(c1ccccc1)c1ccccc1B3c1cc3c(cc1N2/C(C)=C/C=C\C)B1c2ccccc2N(C(/C=C\C)=C/C)c2cc(N(c4ccccc4)c4ccccc4)cc(c21)N3c1ccccc1. The van der Waals surface area contributed by atoms with E-state index in [1.54, 1.807) is 0 Å². The van der Waals surface area contributed by atoms with Crippen LogP contribution in [0.25, 0.3) is 0 Å². The van der Waals surface area contributed by atoms with E-state index in [0.29, 0.717) is 0 Å². The van der Waals surface area contributed by atoms with Gasteiger partial charge in [0.25, 0.3) is 13.4 Å². The minimum Gasteiger partial charge on any atom is -0.315 e. The Balaban J connectivity index is 1.11. The maximum absolute atomic E-state index is 4.82. The van der Waals surface area contributed by atoms with Crippen LogP contribution in [-0.4, -0.2) is 13.4 Å². The molecule has 0 aromatic heterocycles. The van der Waals surface area contributed by atoms with E-state index in [1.165, 1.54) is 32.8 Å². The van der Waals surface area contributed by atoms with Gasteiger partial charge in [0.1, 0.15) is 0 Å². The van der Waals surface area contributed by atoms with Crippen molar-refractivity contribution in [2.75, 3.05) is 29.4 Å². The van der Waals surface area contributed by atoms with Crippen LogP contribution in [0.4, 0.5) is 85.3 Å². The van der Waals surface area contributed by atoms with Gasteiger partial charge < -0.3 is 29.4 Å². The minimum atomic E-state index is -0.162. The van der Waals surface area contributed by atoms with Crippen LogP contribution in [0.3, 0.4) is 0 Å². The molecule has 10 aromatic carbocycles. The average Bonchev–Trinajstić information content (AvgIpc) is 0.719. The Bertz CT molecular complexity index is 4330. The summed E-state index contributed by atoms with van der Waals surface area (Å²) in [4.78, 5) is 14.9. The van der Waals surface area contributed by atoms with Crippen molar-refractivity contribution in [2.24, 2.45) is 0 Å². The quantitative estimate of drug-likeness (QED) is 0.0575. The molecule has 0 unspecified atom stereocenters. The normalized spacial score (nSPS) is 13.7. The van der Waals surface area contributed by atoms with Crippen LogP contribution in [0, 0.1) is 0 Å². The zero-order valence-electron chi connectivity index (χ0n) is 49.2. The van der Waals surface area contributed by atoms with Crippen molar-refractivity contribution < 1.29 is 0 Å². The standard InChI is InChI=1S/C78H66B2N6/c1-7-11-33-55(5)81(58-35-18-13-19-36-58)63-49-73-77-75(50-63)85(61-41-24-16-25-42-61)70-48-31-29-46-66(70)79(77)67-54-72-68(53-71(67)82(73)56(6)34-12-8-2)80-65-45-28-30-47-69(65)84(57(10-4)32-9-3)74-51-64(52-76(78(74)80)86(72)62-43-26-17-27-44-62)83(59-37-20-14-21-38-59)60-39-22-15-23-40-60/h7-10,12-32,34-54H,1,5,11,33H2,2-4,6H3/b12-8-,32-9-,56-34+,57-10+. The van der Waals surface area contributed by atoms with Gasteiger partial charge in [-0.1, -0.05) is 164 Å². The van der Waals surface area contributed by atoms with Gasteiger partial charge in [-0.25, -0.2) is 0 Å². The van der Waals surface area contributed by atoms with E-state index in [1.807, 2.05) is 6.08 Å². The predicted molar refractivity (Wildman–Crippen MR) is 371 cm³/mol. The number of hydrogen-bond donors (Lipinski definition) is 0. The molecule has 4 heterocycles. The first kappa shape index (κ1) is 53.6. The van der Waals surface area contributed by atoms with Gasteiger partial charge in [0.05, 0.1) is 5.69 Å². The van der Waals surface area contributed by atoms with E-state index in [4.69, 9.17) is 6.58 Å². The van der Waals surface area contributed by atoms with Gasteiger partial charge in [0.15, 0.2) is 0 Å². The molecule has 0 aliphatic carbocycles. The van der Waals surface area contributed by atoms with E-state index in [-0.39, 0.29) is 13.4 Å². The number of hydrogen-bond acceptors (Lipinski definition) is 6. The van der Waals surface area contributed by atoms with E-state index in [0.717, 1.165) is 115 Å². The monoisotopic (exact) mass is 1110 g/mol. The summed E-state index contributed by atoms with van der Waals surface area (Å²) in [6.07, 6.45) is 16.8. The zero-order valence-corrected chi connectivity index (χ0v) is 49.2. The first-order valence-electron chi connectivity index (χ1n) is 30.1. The van der Waals surface area contributed by atoms with Crippen molar-refractivity contribution in [3.8, 4) is 0 Å². The van der Waals surface area contributed by atoms with Crippen molar-refractivity contribution in [2.45, 2.75) is 40.5 Å². The van der Waals surface area contributed by atoms with Crippen molar-refractivity contribution in [3.05, 3.63) is 309 Å². The molecule has 14 rings (SSSR count). The number of para-hydroxylation sites is 7. The Morgan fingerprint density at radius 3 is 1.48 bits per heavy atom. The Labute approximate surface area is 508 Å². The molecule has 0 fully saturated rings. The van der Waals surface area contributed by atoms with Gasteiger partial charge >= 0.3 is 0 Å². The summed E-state index contributed by atoms with van der Waals surface area (Å²) in [5.74, 6) is 0. The number of rotatable bonds is 15. The molecule has 0 N–H and O–H groups in total. The Kier molecular flexibility index (Phi) is 14.1. The summed E-state index contributed by atoms with van der Waals surface area (Å²) < 4.78 is 0. The lowest BCUT2D eigenvalue weighted by atomic mass is 9.31. The number of benzene rings is 10. The molecule has 0 bridgehead atoms. The van der Waals surface area contributed by atoms with E-state index in [9.17, 15) is 0 Å². The maximum atomic E-state index is 4.82. The molecular formula is C78H66B2N6. The van der Waals surface area contributed by atoms with Gasteiger partial charge in [-0.05, 0) is 195 Å². The third kappa shape index (κ3) is 8.91. The second-order valence-electron chi connectivity index (χ2n) is 22.4. The van der Waals surface area contributed by atoms with Gasteiger partial charge in [0, 0.05) is 96.7 Å². The number of allylic oxidation sites excluding steroid dienone is 9. The molecule has 8 heteroatoms. The van der Waals surface area contributed by atoms with Crippen molar-refractivity contribution in [1.29, 1.82) is 0 Å². The molecule has 0 atom stereocenters. The van der Waals surface area contributed by atoms with Crippen molar-refractivity contribution >= 4 is 132 Å². The molecule has 0 saturated carbocycles. The molecule has 4 aliphatic heterocycles. The lowest BCUT2D eigenvalue weighted by Gasteiger charge is -2.48. The van der Waals surface area contributed by atoms with Crippen LogP contribution in [-0.2, 0) is 0 Å². The summed E-state index contributed by atoms with van der Waals surface area (Å²) in [5.41, 5.74) is 27.3. The largest absolute Gasteiger partial charge is 0.315 e. The molecule has 10 aromatic rings. The van der Waals surface area contributed by atoms with E-state index in [2.05, 4.69) is 337 Å². The highest BCUT2D eigenvalue weighted by Crippen LogP contribution is 2.51. The molecule has 414 valence electrons. The molecule has 0 radical (unpaired) electrons. The van der Waals surface area contributed by atoms with Gasteiger partial charge in [0.2, 0.25) is 0 Å². The lowest BCUT2D eigenvalue weighted by Crippen LogP contribution is -2.64. The molecule has 0 spiro atoms. The third-order valence-corrected chi connectivity index (χ3v) is 17.4. The summed E-state index contributed by atoms with van der Waals surface area (Å²) >= 11 is 0. The van der Waals surface area contributed by atoms with Gasteiger partial charge in [-0.2, -0.15) is 0 Å². The summed E-state index contributed by atoms with van der Waals surface area (Å²) in [6, 6.07) is 87.4. The fourth-order valence-electron chi connectivity index (χ4n) is 13.8. The zero-order chi connectivity index (χ0) is 58.4. The third-order valence-electron chi connectivity index (χ3n) is 17.4. The van der Waals surface area contributed by atoms with Crippen molar-refractivity contribution in [3.63, 3.8) is 0 Å². The van der Waals surface area contributed by atoms with E-state index >= 15 is 0 Å². The van der Waals surface area contributed by atoms with Crippen molar-refractivity contribution in [1.82, 2.24) is 0 Å². The Morgan fingerprint density at radius 2 is 0.907 bits per heavy atom. The second kappa shape index (κ2) is 22.6. The molecular weight excluding hydrogens is 1040 g/mol. The summed E-state index contributed by atoms with van der Waals surface area (Å²) in [7, 11) is 0. The first-order valence-corrected chi connectivity index (χ1v) is 30.1. The highest BCUT2D eigenvalue weighted by Gasteiger charge is 2.49. The van der Waals surface area contributed by atoms with Crippen LogP contribution in [0.1, 0.15) is 40.5 Å². The molecule has 4 aliphatic rings. The number of nitrogens with zero attached hydrogens (tertiary/aromatic N) is 6. The molecule has 0 amide bonds. The fourth-order valence-corrected chi connectivity index (χ4v) is 13.8. The smallest absolute Gasteiger partial charge is 0.252 e. The van der Waals surface area contributed by atoms with Crippen LogP contribution < -0.4 is 62.2 Å². The van der Waals surface area contributed by atoms with Crippen LogP contribution >= 0.6 is 0 Å². The highest BCUT2D eigenvalue weighted by molar-refractivity contribution is 7.02. The van der Waals surface area contributed by atoms with Crippen LogP contribution in [0.15, 0.2) is 309 Å². The summed E-state index contributed by atoms with van der Waals surface area (Å²) in [5, 5.41) is 0. The second-order valence-corrected chi connectivity index (χ2v) is 22.4. The average molecular weight is 1110 g/mol. The van der Waals surface area contributed by atoms with Gasteiger partial charge in [-0.15, -0.1) is 6.58 Å². The van der Waals surface area contributed by atoms with Gasteiger partial charge in [-0.3, -0.25) is 0 Å².